The van der Waals surface area contributed by atoms with Crippen molar-refractivity contribution in [3.05, 3.63) is 48.0 Å². The zero-order valence-electron chi connectivity index (χ0n) is 36.8. The first-order valence-electron chi connectivity index (χ1n) is 20.9. The Morgan fingerprint density at radius 3 is 2.34 bits per heavy atom. The average molecular weight is 881 g/mol. The Morgan fingerprint density at radius 2 is 1.79 bits per heavy atom. The second kappa shape index (κ2) is 16.8. The zero-order valence-corrected chi connectivity index (χ0v) is 38.5. The summed E-state index contributed by atoms with van der Waals surface area (Å²) in [6, 6.07) is 4.87. The molecule has 332 valence electrons. The number of sulfonamides is 1. The van der Waals surface area contributed by atoms with E-state index in [4.69, 9.17) is 24.2 Å². The molecule has 2 aromatic heterocycles. The van der Waals surface area contributed by atoms with Gasteiger partial charge in [-0.1, -0.05) is 54.0 Å². The smallest absolute Gasteiger partial charge is 0.408 e. The molecule has 61 heavy (non-hydrogen) atoms. The van der Waals surface area contributed by atoms with E-state index < -0.39 is 79.2 Å². The van der Waals surface area contributed by atoms with Crippen LogP contribution in [0.3, 0.4) is 0 Å². The van der Waals surface area contributed by atoms with Crippen LogP contribution in [0, 0.1) is 11.3 Å². The van der Waals surface area contributed by atoms with E-state index in [1.165, 1.54) is 22.3 Å². The van der Waals surface area contributed by atoms with Gasteiger partial charge in [-0.05, 0) is 69.9 Å². The Kier molecular flexibility index (Phi) is 12.6. The molecule has 4 amide bonds. The van der Waals surface area contributed by atoms with Gasteiger partial charge in [0.15, 0.2) is 0 Å². The van der Waals surface area contributed by atoms with Crippen molar-refractivity contribution in [2.75, 3.05) is 13.7 Å². The molecular formula is C44H60N6O9S2. The molecular weight excluding hydrogens is 821 g/mol. The van der Waals surface area contributed by atoms with Crippen LogP contribution in [0.5, 0.6) is 11.5 Å². The number of carbonyl (C=O) groups is 4. The van der Waals surface area contributed by atoms with Crippen LogP contribution >= 0.6 is 11.3 Å². The number of thiazole rings is 1. The van der Waals surface area contributed by atoms with Crippen molar-refractivity contribution >= 4 is 56.1 Å². The van der Waals surface area contributed by atoms with Crippen LogP contribution in [-0.4, -0.2) is 94.8 Å². The maximum atomic E-state index is 14.8. The molecule has 5 atom stereocenters. The molecule has 17 heteroatoms. The molecule has 6 rings (SSSR count). The number of pyridine rings is 1. The van der Waals surface area contributed by atoms with Gasteiger partial charge in [-0.2, -0.15) is 0 Å². The van der Waals surface area contributed by atoms with Crippen LogP contribution < -0.4 is 24.8 Å². The third kappa shape index (κ3) is 9.67. The average Bonchev–Trinajstić information content (AvgIpc) is 3.99. The number of amides is 4. The lowest BCUT2D eigenvalue weighted by atomic mass is 9.85. The molecule has 1 aromatic carbocycles. The summed E-state index contributed by atoms with van der Waals surface area (Å²) in [5.74, 6) is -1.40. The van der Waals surface area contributed by atoms with Crippen molar-refractivity contribution in [1.82, 2.24) is 30.2 Å². The fraction of sp³-hybridized carbons (Fsp3) is 0.591. The molecule has 1 saturated heterocycles. The molecule has 3 fully saturated rings. The van der Waals surface area contributed by atoms with Gasteiger partial charge in [0.2, 0.25) is 21.8 Å². The number of aromatic nitrogens is 2. The number of ether oxygens (including phenoxy) is 3. The summed E-state index contributed by atoms with van der Waals surface area (Å²) in [6.45, 7) is 20.3. The molecule has 2 aliphatic carbocycles. The summed E-state index contributed by atoms with van der Waals surface area (Å²) in [4.78, 5) is 67.6. The van der Waals surface area contributed by atoms with Crippen LogP contribution in [-0.2, 0) is 29.1 Å². The minimum Gasteiger partial charge on any atom is -0.497 e. The maximum Gasteiger partial charge on any atom is 0.408 e. The first kappa shape index (κ1) is 45.7. The Labute approximate surface area is 362 Å². The number of alkyl carbamates (subject to hydrolysis) is 1. The Bertz CT molecular complexity index is 2310. The van der Waals surface area contributed by atoms with Crippen LogP contribution in [0.25, 0.3) is 21.6 Å². The summed E-state index contributed by atoms with van der Waals surface area (Å²) in [6.07, 6.45) is 2.03. The van der Waals surface area contributed by atoms with Gasteiger partial charge in [0, 0.05) is 35.2 Å². The summed E-state index contributed by atoms with van der Waals surface area (Å²) < 4.78 is 46.1. The maximum absolute atomic E-state index is 14.8. The number of carbonyl (C=O) groups excluding carboxylic acids is 4. The fourth-order valence-corrected chi connectivity index (χ4v) is 10.6. The summed E-state index contributed by atoms with van der Waals surface area (Å²) in [7, 11) is -2.48. The summed E-state index contributed by atoms with van der Waals surface area (Å²) in [5.41, 5.74) is -1.21. The Balaban J connectivity index is 1.35. The second-order valence-electron chi connectivity index (χ2n) is 18.9. The Hall–Kier alpha value is -4.77. The number of rotatable bonds is 15. The van der Waals surface area contributed by atoms with Crippen molar-refractivity contribution in [2.24, 2.45) is 11.3 Å². The molecule has 3 aliphatic rings. The van der Waals surface area contributed by atoms with Gasteiger partial charge in [-0.3, -0.25) is 19.1 Å². The van der Waals surface area contributed by atoms with Gasteiger partial charge in [-0.25, -0.2) is 23.2 Å². The SMILES string of the molecule is C=CC1C[C@@]1(NC(=O)[C@@H]1C[C@@H](Oc2cc(-c3nc(C(C)C)cs3)nc3cc(OC)ccc23)CN1C(=O)[C@@H](NC(=O)OC(C)(C)C)C(C)(C)C)C(=O)NS(=O)(=O)C1(CCC)CC1. The van der Waals surface area contributed by atoms with Crippen LogP contribution in [0.15, 0.2) is 42.3 Å². The number of fused-ring (bicyclic) bond motifs is 1. The highest BCUT2D eigenvalue weighted by Gasteiger charge is 2.63. The highest BCUT2D eigenvalue weighted by Crippen LogP contribution is 2.49. The molecule has 3 heterocycles. The van der Waals surface area contributed by atoms with Crippen LogP contribution in [0.4, 0.5) is 4.79 Å². The standard InChI is InChI=1S/C44H60N6O9S2/c1-12-16-43(17-18-43)61(55,56)49-39(53)44(22-26(44)13-2)48-36(51)33-20-28(23-50(33)38(52)35(41(5,6)7)47-40(54)59-42(8,9)10)58-34-21-31(37-46-32(24-60-37)25(3)4)45-30-19-27(57-11)14-15-29(30)34/h13-15,19,21,24-26,28,33,35H,2,12,16-18,20,22-23H2,1,3-11H3,(H,47,54)(H,48,51)(H,49,53)/t26?,28-,33+,35-,44+/m1/s1. The first-order valence-corrected chi connectivity index (χ1v) is 23.3. The fourth-order valence-electron chi connectivity index (χ4n) is 7.88. The number of benzene rings is 1. The largest absolute Gasteiger partial charge is 0.497 e. The highest BCUT2D eigenvalue weighted by atomic mass is 32.2. The molecule has 3 N–H and O–H groups in total. The minimum absolute atomic E-state index is 0.000702. The second-order valence-corrected chi connectivity index (χ2v) is 21.9. The Morgan fingerprint density at radius 1 is 1.08 bits per heavy atom. The van der Waals surface area contributed by atoms with E-state index in [-0.39, 0.29) is 25.3 Å². The van der Waals surface area contributed by atoms with Crippen molar-refractivity contribution in [2.45, 2.75) is 141 Å². The van der Waals surface area contributed by atoms with E-state index in [0.29, 0.717) is 58.8 Å². The van der Waals surface area contributed by atoms with Crippen LogP contribution in [0.2, 0.25) is 0 Å². The van der Waals surface area contributed by atoms with Gasteiger partial charge >= 0.3 is 6.09 Å². The van der Waals surface area contributed by atoms with E-state index in [9.17, 15) is 27.6 Å². The van der Waals surface area contributed by atoms with E-state index in [1.54, 1.807) is 66.9 Å². The monoisotopic (exact) mass is 880 g/mol. The lowest BCUT2D eigenvalue weighted by Crippen LogP contribution is -2.60. The molecule has 1 unspecified atom stereocenters. The number of hydrogen-bond acceptors (Lipinski definition) is 12. The van der Waals surface area contributed by atoms with Gasteiger partial charge in [0.25, 0.3) is 5.91 Å². The summed E-state index contributed by atoms with van der Waals surface area (Å²) >= 11 is 1.46. The van der Waals surface area contributed by atoms with Crippen molar-refractivity contribution in [3.8, 4) is 22.2 Å². The lowest BCUT2D eigenvalue weighted by molar-refractivity contribution is -0.143. The quantitative estimate of drug-likeness (QED) is 0.139. The van der Waals surface area contributed by atoms with E-state index in [1.807, 2.05) is 18.4 Å². The van der Waals surface area contributed by atoms with Crippen molar-refractivity contribution in [1.29, 1.82) is 0 Å². The molecule has 0 bridgehead atoms. The molecule has 2 saturated carbocycles. The predicted octanol–water partition coefficient (Wildman–Crippen LogP) is 6.62. The van der Waals surface area contributed by atoms with Gasteiger partial charge in [-0.15, -0.1) is 17.9 Å². The number of methoxy groups -OCH3 is 1. The van der Waals surface area contributed by atoms with Gasteiger partial charge in [0.1, 0.15) is 51.5 Å². The minimum atomic E-state index is -4.05. The molecule has 1 aliphatic heterocycles. The van der Waals surface area contributed by atoms with Crippen molar-refractivity contribution < 1.29 is 41.8 Å². The number of likely N-dealkylation sites (tertiary alicyclic amines) is 1. The number of nitrogens with one attached hydrogen (secondary N) is 3. The topological polar surface area (TPSA) is 195 Å². The third-order valence-electron chi connectivity index (χ3n) is 11.6. The molecule has 0 spiro atoms. The van der Waals surface area contributed by atoms with E-state index in [0.717, 1.165) is 5.69 Å². The van der Waals surface area contributed by atoms with Crippen LogP contribution in [0.1, 0.15) is 112 Å². The van der Waals surface area contributed by atoms with E-state index in [2.05, 4.69) is 35.8 Å². The van der Waals surface area contributed by atoms with Gasteiger partial charge < -0.3 is 29.7 Å². The molecule has 3 aromatic rings. The zero-order chi connectivity index (χ0) is 44.9. The lowest BCUT2D eigenvalue weighted by Gasteiger charge is -2.36. The van der Waals surface area contributed by atoms with Gasteiger partial charge in [0.05, 0.1) is 29.6 Å². The third-order valence-corrected chi connectivity index (χ3v) is 14.7. The molecule has 0 radical (unpaired) electrons. The normalized spacial score (nSPS) is 22.6. The number of hydrogen-bond donors (Lipinski definition) is 3. The summed E-state index contributed by atoms with van der Waals surface area (Å²) in [5, 5.41) is 8.95. The first-order chi connectivity index (χ1) is 28.5. The highest BCUT2D eigenvalue weighted by molar-refractivity contribution is 7.91. The number of nitrogens with zero attached hydrogens (tertiary/aromatic N) is 3. The van der Waals surface area contributed by atoms with E-state index >= 15 is 0 Å². The van der Waals surface area contributed by atoms with Crippen molar-refractivity contribution in [3.63, 3.8) is 0 Å². The molecule has 15 nitrogen and oxygen atoms in total. The predicted molar refractivity (Wildman–Crippen MR) is 234 cm³/mol.